The van der Waals surface area contributed by atoms with Crippen molar-refractivity contribution in [2.45, 2.75) is 36.9 Å². The summed E-state index contributed by atoms with van der Waals surface area (Å²) in [7, 11) is 0. The summed E-state index contributed by atoms with van der Waals surface area (Å²) >= 11 is 1.54. The Labute approximate surface area is 170 Å². The highest BCUT2D eigenvalue weighted by Crippen LogP contribution is 2.47. The first-order valence-corrected chi connectivity index (χ1v) is 10.5. The van der Waals surface area contributed by atoms with Gasteiger partial charge in [0.1, 0.15) is 6.04 Å². The van der Waals surface area contributed by atoms with Gasteiger partial charge in [-0.1, -0.05) is 0 Å². The molecule has 3 saturated heterocycles. The van der Waals surface area contributed by atoms with Gasteiger partial charge in [0.2, 0.25) is 11.8 Å². The Kier molecular flexibility index (Phi) is 5.18. The molecule has 0 spiro atoms. The van der Waals surface area contributed by atoms with Crippen molar-refractivity contribution in [2.24, 2.45) is 0 Å². The number of alkyl halides is 3. The number of nitrogens with zero attached hydrogens (tertiary/aromatic N) is 2. The Morgan fingerprint density at radius 3 is 2.72 bits per heavy atom. The van der Waals surface area contributed by atoms with Crippen LogP contribution in [0.15, 0.2) is 18.2 Å². The number of anilines is 2. The number of carbonyl (C=O) groups is 2. The molecular weight excluding hydrogens is 407 g/mol. The predicted molar refractivity (Wildman–Crippen MR) is 104 cm³/mol. The van der Waals surface area contributed by atoms with Gasteiger partial charge in [-0.15, -0.1) is 11.8 Å². The van der Waals surface area contributed by atoms with Gasteiger partial charge >= 0.3 is 6.18 Å². The van der Waals surface area contributed by atoms with E-state index < -0.39 is 28.6 Å². The monoisotopic (exact) mass is 429 g/mol. The van der Waals surface area contributed by atoms with E-state index in [1.54, 1.807) is 16.7 Å². The highest BCUT2D eigenvalue weighted by Gasteiger charge is 2.53. The Morgan fingerprint density at radius 1 is 1.31 bits per heavy atom. The summed E-state index contributed by atoms with van der Waals surface area (Å²) in [4.78, 5) is 28.4. The van der Waals surface area contributed by atoms with E-state index in [0.717, 1.165) is 12.1 Å². The number of carbonyl (C=O) groups excluding carboxylic acids is 2. The predicted octanol–water partition coefficient (Wildman–Crippen LogP) is 2.93. The van der Waals surface area contributed by atoms with Gasteiger partial charge in [-0.25, -0.2) is 0 Å². The van der Waals surface area contributed by atoms with Gasteiger partial charge in [0.25, 0.3) is 0 Å². The molecule has 2 amide bonds. The Balaban J connectivity index is 1.62. The number of amides is 2. The lowest BCUT2D eigenvalue weighted by molar-refractivity contribution is -0.137. The van der Waals surface area contributed by atoms with Gasteiger partial charge in [-0.05, 0) is 31.5 Å². The fraction of sp³-hybridized carbons (Fsp3) is 0.579. The van der Waals surface area contributed by atoms with E-state index in [-0.39, 0.29) is 11.6 Å². The van der Waals surface area contributed by atoms with Crippen LogP contribution in [0.5, 0.6) is 0 Å². The molecule has 29 heavy (non-hydrogen) atoms. The molecule has 0 radical (unpaired) electrons. The van der Waals surface area contributed by atoms with Crippen molar-refractivity contribution >= 4 is 35.0 Å². The number of benzene rings is 1. The fourth-order valence-electron chi connectivity index (χ4n) is 4.12. The van der Waals surface area contributed by atoms with Gasteiger partial charge in [-0.2, -0.15) is 13.2 Å². The van der Waals surface area contributed by atoms with Gasteiger partial charge in [0.15, 0.2) is 0 Å². The zero-order chi connectivity index (χ0) is 20.8. The molecule has 3 fully saturated rings. The highest BCUT2D eigenvalue weighted by atomic mass is 32.2. The highest BCUT2D eigenvalue weighted by molar-refractivity contribution is 8.01. The van der Waals surface area contributed by atoms with Crippen molar-refractivity contribution in [3.63, 3.8) is 0 Å². The summed E-state index contributed by atoms with van der Waals surface area (Å²) in [6.45, 7) is 3.91. The van der Waals surface area contributed by atoms with E-state index in [9.17, 15) is 22.8 Å². The molecule has 0 bridgehead atoms. The lowest BCUT2D eigenvalue weighted by Crippen LogP contribution is -2.48. The maximum absolute atomic E-state index is 13.3. The Hall–Kier alpha value is -1.94. The van der Waals surface area contributed by atoms with Crippen LogP contribution in [-0.4, -0.2) is 59.7 Å². The zero-order valence-electron chi connectivity index (χ0n) is 15.9. The third kappa shape index (κ3) is 3.79. The summed E-state index contributed by atoms with van der Waals surface area (Å²) < 4.78 is 45.1. The molecule has 3 aliphatic heterocycles. The number of thioether (sulfide) groups is 1. The smallest absolute Gasteiger partial charge is 0.378 e. The van der Waals surface area contributed by atoms with E-state index in [4.69, 9.17) is 4.74 Å². The van der Waals surface area contributed by atoms with Crippen LogP contribution in [0.1, 0.15) is 25.3 Å². The van der Waals surface area contributed by atoms with E-state index in [1.807, 2.05) is 11.8 Å². The minimum Gasteiger partial charge on any atom is -0.378 e. The van der Waals surface area contributed by atoms with Crippen molar-refractivity contribution in [3.8, 4) is 0 Å². The second-order valence-corrected chi connectivity index (χ2v) is 9.09. The molecule has 10 heteroatoms. The lowest BCUT2D eigenvalue weighted by atomic mass is 10.1. The standard InChI is InChI=1S/C19H22F3N3O3S/c1-18-5-4-16(26)25(18)15(11-29-18)17(27)23-13-10-12(19(20,21)22)2-3-14(13)24-6-8-28-9-7-24/h2-3,10,15H,4-9,11H2,1H3,(H,23,27)/t15-,18+/m1/s1. The maximum Gasteiger partial charge on any atom is 0.416 e. The molecule has 1 aromatic carbocycles. The molecule has 0 unspecified atom stereocenters. The number of hydrogen-bond acceptors (Lipinski definition) is 5. The number of nitrogens with one attached hydrogen (secondary N) is 1. The molecule has 0 aromatic heterocycles. The minimum atomic E-state index is -4.52. The summed E-state index contributed by atoms with van der Waals surface area (Å²) in [6, 6.07) is 2.69. The first kappa shape index (κ1) is 20.3. The quantitative estimate of drug-likeness (QED) is 0.801. The SMILES string of the molecule is C[C@]12CCC(=O)N1[C@@H](C(=O)Nc1cc(C(F)(F)F)ccc1N1CCOCC1)CS2. The number of hydrogen-bond donors (Lipinski definition) is 1. The number of morpholine rings is 1. The Morgan fingerprint density at radius 2 is 2.03 bits per heavy atom. The lowest BCUT2D eigenvalue weighted by Gasteiger charge is -2.32. The van der Waals surface area contributed by atoms with Crippen LogP contribution >= 0.6 is 11.8 Å². The normalized spacial score (nSPS) is 27.3. The number of ether oxygens (including phenoxy) is 1. The van der Waals surface area contributed by atoms with E-state index >= 15 is 0 Å². The average Bonchev–Trinajstić information content (AvgIpc) is 3.17. The molecule has 158 valence electrons. The number of halogens is 3. The first-order valence-electron chi connectivity index (χ1n) is 9.50. The summed E-state index contributed by atoms with van der Waals surface area (Å²) in [5, 5.41) is 2.68. The van der Waals surface area contributed by atoms with Crippen molar-refractivity contribution in [2.75, 3.05) is 42.3 Å². The van der Waals surface area contributed by atoms with Crippen molar-refractivity contribution < 1.29 is 27.5 Å². The number of fused-ring (bicyclic) bond motifs is 1. The van der Waals surface area contributed by atoms with Gasteiger partial charge in [0, 0.05) is 25.3 Å². The Bertz CT molecular complexity index is 829. The molecule has 0 aliphatic carbocycles. The maximum atomic E-state index is 13.3. The van der Waals surface area contributed by atoms with Crippen LogP contribution in [0.4, 0.5) is 24.5 Å². The first-order chi connectivity index (χ1) is 13.7. The van der Waals surface area contributed by atoms with Gasteiger partial charge in [0.05, 0.1) is 35.0 Å². The summed E-state index contributed by atoms with van der Waals surface area (Å²) in [6.07, 6.45) is -3.46. The zero-order valence-corrected chi connectivity index (χ0v) is 16.7. The number of rotatable bonds is 3. The molecule has 0 saturated carbocycles. The van der Waals surface area contributed by atoms with Crippen LogP contribution in [0.2, 0.25) is 0 Å². The van der Waals surface area contributed by atoms with E-state index in [1.165, 1.54) is 6.07 Å². The third-order valence-electron chi connectivity index (χ3n) is 5.68. The molecule has 4 rings (SSSR count). The average molecular weight is 429 g/mol. The minimum absolute atomic E-state index is 0.0879. The molecule has 1 N–H and O–H groups in total. The van der Waals surface area contributed by atoms with Gasteiger partial charge < -0.3 is 19.9 Å². The third-order valence-corrected chi connectivity index (χ3v) is 7.19. The molecule has 6 nitrogen and oxygen atoms in total. The van der Waals surface area contributed by atoms with Crippen LogP contribution in [-0.2, 0) is 20.5 Å². The van der Waals surface area contributed by atoms with Crippen molar-refractivity contribution in [1.82, 2.24) is 4.90 Å². The summed E-state index contributed by atoms with van der Waals surface area (Å²) in [5.74, 6) is -0.111. The van der Waals surface area contributed by atoms with Crippen LogP contribution in [0, 0.1) is 0 Å². The largest absolute Gasteiger partial charge is 0.416 e. The van der Waals surface area contributed by atoms with Crippen LogP contribution in [0.25, 0.3) is 0 Å². The molecule has 3 heterocycles. The molecule has 2 atom stereocenters. The van der Waals surface area contributed by atoms with Crippen molar-refractivity contribution in [1.29, 1.82) is 0 Å². The second kappa shape index (κ2) is 7.39. The van der Waals surface area contributed by atoms with Crippen LogP contribution < -0.4 is 10.2 Å². The van der Waals surface area contributed by atoms with E-state index in [0.29, 0.717) is 50.6 Å². The molecule has 1 aromatic rings. The molecule has 3 aliphatic rings. The second-order valence-electron chi connectivity index (χ2n) is 7.58. The van der Waals surface area contributed by atoms with E-state index in [2.05, 4.69) is 5.32 Å². The summed E-state index contributed by atoms with van der Waals surface area (Å²) in [5.41, 5.74) is -0.194. The van der Waals surface area contributed by atoms with Gasteiger partial charge in [-0.3, -0.25) is 9.59 Å². The topological polar surface area (TPSA) is 61.9 Å². The van der Waals surface area contributed by atoms with Crippen molar-refractivity contribution in [3.05, 3.63) is 23.8 Å². The molecular formula is C19H22F3N3O3S. The fourth-order valence-corrected chi connectivity index (χ4v) is 5.56. The van der Waals surface area contributed by atoms with Crippen LogP contribution in [0.3, 0.4) is 0 Å².